The Bertz CT molecular complexity index is 792. The maximum Gasteiger partial charge on any atom is 0.255 e. The van der Waals surface area contributed by atoms with Crippen molar-refractivity contribution in [3.05, 3.63) is 58.1 Å². The van der Waals surface area contributed by atoms with Gasteiger partial charge in [-0.2, -0.15) is 0 Å². The molecule has 0 N–H and O–H groups in total. The number of hydrogen-bond acceptors (Lipinski definition) is 3. The lowest BCUT2D eigenvalue weighted by atomic mass is 10.0. The molecule has 25 heavy (non-hydrogen) atoms. The zero-order valence-electron chi connectivity index (χ0n) is 13.9. The van der Waals surface area contributed by atoms with Crippen LogP contribution in [0.4, 0.5) is 0 Å². The molecule has 0 bridgehead atoms. The van der Waals surface area contributed by atoms with Crippen molar-refractivity contribution in [1.29, 1.82) is 0 Å². The standard InChI is InChI=1S/C20H20BrNO3/c21-16-6-2-1-5-15(16)20(23)22-10-3-7-17(22)14-8-9-18-19(13-14)25-12-4-11-24-18/h1-2,5-6,8-9,13,17H,3-4,7,10-12H2/t17-/m1/s1. The molecule has 2 aromatic carbocycles. The van der Waals surface area contributed by atoms with Gasteiger partial charge in [0.1, 0.15) is 0 Å². The van der Waals surface area contributed by atoms with Gasteiger partial charge in [-0.3, -0.25) is 4.79 Å². The summed E-state index contributed by atoms with van der Waals surface area (Å²) in [6, 6.07) is 13.7. The average molecular weight is 402 g/mol. The largest absolute Gasteiger partial charge is 0.490 e. The van der Waals surface area contributed by atoms with Crippen molar-refractivity contribution < 1.29 is 14.3 Å². The number of ether oxygens (including phenoxy) is 2. The zero-order chi connectivity index (χ0) is 17.2. The highest BCUT2D eigenvalue weighted by Gasteiger charge is 2.32. The molecule has 0 radical (unpaired) electrons. The summed E-state index contributed by atoms with van der Waals surface area (Å²) >= 11 is 3.49. The number of hydrogen-bond donors (Lipinski definition) is 0. The van der Waals surface area contributed by atoms with Gasteiger partial charge in [-0.15, -0.1) is 0 Å². The van der Waals surface area contributed by atoms with Crippen molar-refractivity contribution in [2.45, 2.75) is 25.3 Å². The molecule has 4 rings (SSSR count). The molecule has 5 heteroatoms. The van der Waals surface area contributed by atoms with Crippen molar-refractivity contribution in [2.24, 2.45) is 0 Å². The lowest BCUT2D eigenvalue weighted by Gasteiger charge is -2.26. The molecular formula is C20H20BrNO3. The predicted molar refractivity (Wildman–Crippen MR) is 99.2 cm³/mol. The number of benzene rings is 2. The van der Waals surface area contributed by atoms with Crippen LogP contribution in [0.15, 0.2) is 46.9 Å². The Balaban J connectivity index is 1.63. The van der Waals surface area contributed by atoms with E-state index in [1.807, 2.05) is 41.3 Å². The fraction of sp³-hybridized carbons (Fsp3) is 0.350. The van der Waals surface area contributed by atoms with Crippen LogP contribution in [0.25, 0.3) is 0 Å². The number of carbonyl (C=O) groups excluding carboxylic acids is 1. The van der Waals surface area contributed by atoms with Gasteiger partial charge in [0.25, 0.3) is 5.91 Å². The second kappa shape index (κ2) is 7.08. The highest BCUT2D eigenvalue weighted by molar-refractivity contribution is 9.10. The van der Waals surface area contributed by atoms with E-state index in [0.717, 1.165) is 47.3 Å². The minimum Gasteiger partial charge on any atom is -0.490 e. The first-order valence-electron chi connectivity index (χ1n) is 8.69. The smallest absolute Gasteiger partial charge is 0.255 e. The van der Waals surface area contributed by atoms with E-state index in [4.69, 9.17) is 9.47 Å². The van der Waals surface area contributed by atoms with Crippen LogP contribution >= 0.6 is 15.9 Å². The van der Waals surface area contributed by atoms with Gasteiger partial charge >= 0.3 is 0 Å². The third-order valence-corrected chi connectivity index (χ3v) is 5.47. The Labute approximate surface area is 155 Å². The minimum atomic E-state index is 0.0714. The molecular weight excluding hydrogens is 382 g/mol. The van der Waals surface area contributed by atoms with E-state index in [1.165, 1.54) is 0 Å². The molecule has 2 heterocycles. The number of likely N-dealkylation sites (tertiary alicyclic amines) is 1. The summed E-state index contributed by atoms with van der Waals surface area (Å²) in [4.78, 5) is 15.0. The van der Waals surface area contributed by atoms with Crippen molar-refractivity contribution in [1.82, 2.24) is 4.90 Å². The van der Waals surface area contributed by atoms with Crippen LogP contribution in [0.1, 0.15) is 41.2 Å². The third-order valence-electron chi connectivity index (χ3n) is 4.77. The molecule has 0 saturated carbocycles. The molecule has 0 unspecified atom stereocenters. The van der Waals surface area contributed by atoms with Gasteiger partial charge in [0.05, 0.1) is 24.8 Å². The molecule has 1 fully saturated rings. The van der Waals surface area contributed by atoms with Crippen molar-refractivity contribution in [3.63, 3.8) is 0 Å². The summed E-state index contributed by atoms with van der Waals surface area (Å²) < 4.78 is 12.4. The van der Waals surface area contributed by atoms with Crippen molar-refractivity contribution in [2.75, 3.05) is 19.8 Å². The van der Waals surface area contributed by atoms with Crippen LogP contribution in [0, 0.1) is 0 Å². The monoisotopic (exact) mass is 401 g/mol. The summed E-state index contributed by atoms with van der Waals surface area (Å²) in [5, 5.41) is 0. The lowest BCUT2D eigenvalue weighted by Crippen LogP contribution is -2.30. The molecule has 2 aliphatic heterocycles. The molecule has 2 aromatic rings. The number of rotatable bonds is 2. The summed E-state index contributed by atoms with van der Waals surface area (Å²) in [6.45, 7) is 2.13. The Kier molecular flexibility index (Phi) is 4.66. The van der Waals surface area contributed by atoms with Crippen LogP contribution in [0.2, 0.25) is 0 Å². The number of carbonyl (C=O) groups is 1. The number of amides is 1. The van der Waals surface area contributed by atoms with Crippen LogP contribution in [-0.4, -0.2) is 30.6 Å². The fourth-order valence-electron chi connectivity index (χ4n) is 3.53. The van der Waals surface area contributed by atoms with Crippen molar-refractivity contribution in [3.8, 4) is 11.5 Å². The highest BCUT2D eigenvalue weighted by atomic mass is 79.9. The van der Waals surface area contributed by atoms with Crippen LogP contribution in [-0.2, 0) is 0 Å². The molecule has 4 nitrogen and oxygen atoms in total. The zero-order valence-corrected chi connectivity index (χ0v) is 15.5. The van der Waals surface area contributed by atoms with E-state index in [0.29, 0.717) is 18.8 Å². The quantitative estimate of drug-likeness (QED) is 0.738. The van der Waals surface area contributed by atoms with Crippen LogP contribution in [0.5, 0.6) is 11.5 Å². The topological polar surface area (TPSA) is 38.8 Å². The molecule has 0 spiro atoms. The first-order chi connectivity index (χ1) is 12.2. The average Bonchev–Trinajstić information content (AvgIpc) is 3.00. The van der Waals surface area contributed by atoms with Gasteiger partial charge in [0.15, 0.2) is 11.5 Å². The Morgan fingerprint density at radius 3 is 2.68 bits per heavy atom. The lowest BCUT2D eigenvalue weighted by molar-refractivity contribution is 0.0734. The van der Waals surface area contributed by atoms with Gasteiger partial charge in [-0.05, 0) is 58.6 Å². The fourth-order valence-corrected chi connectivity index (χ4v) is 3.99. The molecule has 1 amide bonds. The summed E-state index contributed by atoms with van der Waals surface area (Å²) in [5.74, 6) is 1.65. The summed E-state index contributed by atoms with van der Waals surface area (Å²) in [7, 11) is 0. The van der Waals surface area contributed by atoms with E-state index in [1.54, 1.807) is 0 Å². The highest BCUT2D eigenvalue weighted by Crippen LogP contribution is 2.38. The summed E-state index contributed by atoms with van der Waals surface area (Å²) in [5.41, 5.74) is 1.82. The van der Waals surface area contributed by atoms with E-state index in [2.05, 4.69) is 22.0 Å². The maximum atomic E-state index is 13.0. The normalized spacial score (nSPS) is 19.6. The van der Waals surface area contributed by atoms with Gasteiger partial charge in [-0.1, -0.05) is 18.2 Å². The molecule has 1 saturated heterocycles. The first kappa shape index (κ1) is 16.5. The summed E-state index contributed by atoms with van der Waals surface area (Å²) in [6.07, 6.45) is 2.87. The maximum absolute atomic E-state index is 13.0. The van der Waals surface area contributed by atoms with Gasteiger partial charge in [0, 0.05) is 17.4 Å². The van der Waals surface area contributed by atoms with Crippen molar-refractivity contribution >= 4 is 21.8 Å². The SMILES string of the molecule is O=C(c1ccccc1Br)N1CCC[C@@H]1c1ccc2c(c1)OCCCO2. The van der Waals surface area contributed by atoms with E-state index in [9.17, 15) is 4.79 Å². The Hall–Kier alpha value is -2.01. The number of fused-ring (bicyclic) bond motifs is 1. The second-order valence-electron chi connectivity index (χ2n) is 6.39. The molecule has 1 atom stereocenters. The third kappa shape index (κ3) is 3.25. The molecule has 2 aliphatic rings. The van der Waals surface area contributed by atoms with Crippen LogP contribution in [0.3, 0.4) is 0 Å². The van der Waals surface area contributed by atoms with Gasteiger partial charge in [-0.25, -0.2) is 0 Å². The Morgan fingerprint density at radius 1 is 1.04 bits per heavy atom. The van der Waals surface area contributed by atoms with E-state index in [-0.39, 0.29) is 11.9 Å². The molecule has 0 aromatic heterocycles. The van der Waals surface area contributed by atoms with Gasteiger partial charge in [0.2, 0.25) is 0 Å². The number of nitrogens with zero attached hydrogens (tertiary/aromatic N) is 1. The Morgan fingerprint density at radius 2 is 1.84 bits per heavy atom. The minimum absolute atomic E-state index is 0.0714. The first-order valence-corrected chi connectivity index (χ1v) is 9.48. The van der Waals surface area contributed by atoms with E-state index < -0.39 is 0 Å². The predicted octanol–water partition coefficient (Wildman–Crippen LogP) is 4.59. The number of halogens is 1. The van der Waals surface area contributed by atoms with Gasteiger partial charge < -0.3 is 14.4 Å². The van der Waals surface area contributed by atoms with Crippen LogP contribution < -0.4 is 9.47 Å². The molecule has 0 aliphatic carbocycles. The molecule has 130 valence electrons. The second-order valence-corrected chi connectivity index (χ2v) is 7.25. The van der Waals surface area contributed by atoms with E-state index >= 15 is 0 Å².